The standard InChI is InChI=1S/C19H28N6O4.C2HF3O2/c1-5-29-14(26)12-25-17(27)15-16(22(4)19(25)28)21-18(23-10-7-20-8-11-23)24(15)9-6-13(2)3;3-2(4,5)1(6)7/h6,20H,5,7-12H2,1-4H3;(H,6,7). The van der Waals surface area contributed by atoms with E-state index >= 15 is 0 Å². The summed E-state index contributed by atoms with van der Waals surface area (Å²) in [4.78, 5) is 53.6. The average Bonchev–Trinajstić information content (AvgIpc) is 3.19. The zero-order valence-electron chi connectivity index (χ0n) is 20.4. The molecule has 15 heteroatoms. The Morgan fingerprint density at radius 2 is 1.75 bits per heavy atom. The fourth-order valence-electron chi connectivity index (χ4n) is 3.39. The molecule has 0 aromatic carbocycles. The summed E-state index contributed by atoms with van der Waals surface area (Å²) >= 11 is 0. The molecule has 1 aliphatic heterocycles. The van der Waals surface area contributed by atoms with E-state index in [1.807, 2.05) is 24.5 Å². The number of piperazine rings is 1. The predicted octanol–water partition coefficient (Wildman–Crippen LogP) is 0.469. The number of carboxylic acids is 1. The first kappa shape index (κ1) is 28.6. The van der Waals surface area contributed by atoms with Crippen molar-refractivity contribution in [1.29, 1.82) is 0 Å². The number of aromatic nitrogens is 4. The number of carboxylic acid groups (broad SMARTS) is 1. The van der Waals surface area contributed by atoms with Crippen LogP contribution in [0.3, 0.4) is 0 Å². The van der Waals surface area contributed by atoms with Crippen LogP contribution < -0.4 is 21.5 Å². The molecule has 2 aromatic rings. The third kappa shape index (κ3) is 6.74. The summed E-state index contributed by atoms with van der Waals surface area (Å²) in [6.07, 6.45) is -3.08. The lowest BCUT2D eigenvalue weighted by Gasteiger charge is -2.28. The van der Waals surface area contributed by atoms with Gasteiger partial charge < -0.3 is 24.6 Å². The summed E-state index contributed by atoms with van der Waals surface area (Å²) in [5.41, 5.74) is 0.606. The van der Waals surface area contributed by atoms with E-state index in [-0.39, 0.29) is 6.61 Å². The molecule has 1 saturated heterocycles. The van der Waals surface area contributed by atoms with Crippen LogP contribution in [0.5, 0.6) is 0 Å². The number of esters is 1. The van der Waals surface area contributed by atoms with Gasteiger partial charge in [-0.15, -0.1) is 0 Å². The van der Waals surface area contributed by atoms with Gasteiger partial charge in [-0.25, -0.2) is 14.2 Å². The maximum Gasteiger partial charge on any atom is 0.490 e. The molecule has 2 N–H and O–H groups in total. The lowest BCUT2D eigenvalue weighted by molar-refractivity contribution is -0.192. The van der Waals surface area contributed by atoms with Crippen LogP contribution >= 0.6 is 0 Å². The molecular formula is C21H29F3N6O6. The summed E-state index contributed by atoms with van der Waals surface area (Å²) in [6.45, 7) is 8.99. The third-order valence-electron chi connectivity index (χ3n) is 5.13. The van der Waals surface area contributed by atoms with Gasteiger partial charge in [0.05, 0.1) is 6.61 Å². The lowest BCUT2D eigenvalue weighted by atomic mass is 10.3. The highest BCUT2D eigenvalue weighted by molar-refractivity contribution is 5.76. The first-order chi connectivity index (χ1) is 16.8. The number of carbonyl (C=O) groups excluding carboxylic acids is 1. The van der Waals surface area contributed by atoms with Crippen LogP contribution in [0.2, 0.25) is 0 Å². The van der Waals surface area contributed by atoms with E-state index in [9.17, 15) is 27.6 Å². The number of halogens is 3. The van der Waals surface area contributed by atoms with Crippen molar-refractivity contribution in [2.75, 3.05) is 37.7 Å². The number of allylic oxidation sites excluding steroid dienone is 2. The molecule has 2 aromatic heterocycles. The fraction of sp³-hybridized carbons (Fsp3) is 0.571. The van der Waals surface area contributed by atoms with Crippen molar-refractivity contribution in [2.45, 2.75) is 40.0 Å². The van der Waals surface area contributed by atoms with E-state index in [1.165, 1.54) is 4.57 Å². The number of rotatable bonds is 6. The van der Waals surface area contributed by atoms with E-state index in [0.717, 1.165) is 36.3 Å². The van der Waals surface area contributed by atoms with Gasteiger partial charge in [0.15, 0.2) is 11.2 Å². The number of alkyl halides is 3. The quantitative estimate of drug-likeness (QED) is 0.412. The molecule has 200 valence electrons. The summed E-state index contributed by atoms with van der Waals surface area (Å²) in [7, 11) is 1.56. The Labute approximate surface area is 203 Å². The van der Waals surface area contributed by atoms with Gasteiger partial charge in [0.2, 0.25) is 5.95 Å². The van der Waals surface area contributed by atoms with Gasteiger partial charge in [0.1, 0.15) is 6.54 Å². The van der Waals surface area contributed by atoms with Gasteiger partial charge in [-0.2, -0.15) is 18.2 Å². The molecule has 0 radical (unpaired) electrons. The van der Waals surface area contributed by atoms with Crippen LogP contribution in [-0.4, -0.2) is 74.7 Å². The van der Waals surface area contributed by atoms with Crippen molar-refractivity contribution in [3.05, 3.63) is 32.5 Å². The number of aryl methyl sites for hydroxylation is 1. The normalized spacial score (nSPS) is 13.7. The second-order valence-electron chi connectivity index (χ2n) is 8.05. The van der Waals surface area contributed by atoms with Crippen LogP contribution in [0.15, 0.2) is 21.2 Å². The van der Waals surface area contributed by atoms with Crippen molar-refractivity contribution >= 4 is 29.1 Å². The first-order valence-electron chi connectivity index (χ1n) is 11.0. The summed E-state index contributed by atoms with van der Waals surface area (Å²) in [5.74, 6) is -2.73. The lowest BCUT2D eigenvalue weighted by Crippen LogP contribution is -2.44. The number of anilines is 1. The third-order valence-corrected chi connectivity index (χ3v) is 5.13. The Hall–Kier alpha value is -3.62. The summed E-state index contributed by atoms with van der Waals surface area (Å²) < 4.78 is 40.7. The molecule has 0 atom stereocenters. The Kier molecular flexibility index (Phi) is 9.44. The molecule has 0 amide bonds. The molecule has 3 heterocycles. The van der Waals surface area contributed by atoms with Gasteiger partial charge in [0.25, 0.3) is 5.56 Å². The molecule has 1 fully saturated rings. The minimum atomic E-state index is -5.08. The van der Waals surface area contributed by atoms with Crippen molar-refractivity contribution < 1.29 is 32.6 Å². The van der Waals surface area contributed by atoms with Crippen LogP contribution in [0.4, 0.5) is 19.1 Å². The topological polar surface area (TPSA) is 141 Å². The molecule has 12 nitrogen and oxygen atoms in total. The minimum Gasteiger partial charge on any atom is -0.475 e. The highest BCUT2D eigenvalue weighted by Crippen LogP contribution is 2.20. The number of fused-ring (bicyclic) bond motifs is 1. The van der Waals surface area contributed by atoms with Crippen LogP contribution in [-0.2, 0) is 34.5 Å². The molecule has 0 aliphatic carbocycles. The smallest absolute Gasteiger partial charge is 0.475 e. The Bertz CT molecular complexity index is 1250. The fourth-order valence-corrected chi connectivity index (χ4v) is 3.39. The number of hydrogen-bond acceptors (Lipinski definition) is 8. The number of imidazole rings is 1. The van der Waals surface area contributed by atoms with Gasteiger partial charge in [-0.1, -0.05) is 11.6 Å². The van der Waals surface area contributed by atoms with E-state index < -0.39 is 35.9 Å². The first-order valence-corrected chi connectivity index (χ1v) is 11.0. The molecule has 1 aliphatic rings. The van der Waals surface area contributed by atoms with Crippen molar-refractivity contribution in [3.63, 3.8) is 0 Å². The number of ether oxygens (including phenoxy) is 1. The second-order valence-corrected chi connectivity index (χ2v) is 8.05. The Balaban J connectivity index is 0.000000572. The van der Waals surface area contributed by atoms with Crippen molar-refractivity contribution in [2.24, 2.45) is 7.05 Å². The maximum absolute atomic E-state index is 13.2. The zero-order chi connectivity index (χ0) is 27.2. The molecule has 0 bridgehead atoms. The minimum absolute atomic E-state index is 0.182. The monoisotopic (exact) mass is 518 g/mol. The van der Waals surface area contributed by atoms with Crippen LogP contribution in [0, 0.1) is 0 Å². The number of nitrogens with one attached hydrogen (secondary N) is 1. The SMILES string of the molecule is CCOC(=O)Cn1c(=O)c2c(nc(N3CCNCC3)n2CC=C(C)C)n(C)c1=O.O=C(O)C(F)(F)F. The molecule has 0 unspecified atom stereocenters. The Morgan fingerprint density at radius 1 is 1.17 bits per heavy atom. The highest BCUT2D eigenvalue weighted by Gasteiger charge is 2.38. The summed E-state index contributed by atoms with van der Waals surface area (Å²) in [5, 5.41) is 10.4. The average molecular weight is 518 g/mol. The largest absolute Gasteiger partial charge is 0.490 e. The molecule has 0 spiro atoms. The summed E-state index contributed by atoms with van der Waals surface area (Å²) in [6, 6.07) is 0. The number of hydrogen-bond donors (Lipinski definition) is 2. The molecule has 0 saturated carbocycles. The zero-order valence-corrected chi connectivity index (χ0v) is 20.4. The van der Waals surface area contributed by atoms with Crippen LogP contribution in [0.25, 0.3) is 11.2 Å². The van der Waals surface area contributed by atoms with Crippen molar-refractivity contribution in [3.8, 4) is 0 Å². The van der Waals surface area contributed by atoms with E-state index in [1.54, 1.807) is 14.0 Å². The Morgan fingerprint density at radius 3 is 2.25 bits per heavy atom. The number of aliphatic carboxylic acids is 1. The van der Waals surface area contributed by atoms with Gasteiger partial charge >= 0.3 is 23.8 Å². The maximum atomic E-state index is 13.2. The van der Waals surface area contributed by atoms with Gasteiger partial charge in [-0.3, -0.25) is 14.2 Å². The number of nitrogens with zero attached hydrogens (tertiary/aromatic N) is 5. The van der Waals surface area contributed by atoms with E-state index in [0.29, 0.717) is 23.7 Å². The van der Waals surface area contributed by atoms with Gasteiger partial charge in [-0.05, 0) is 20.8 Å². The molecule has 36 heavy (non-hydrogen) atoms. The van der Waals surface area contributed by atoms with Crippen molar-refractivity contribution in [1.82, 2.24) is 24.0 Å². The second kappa shape index (κ2) is 11.9. The van der Waals surface area contributed by atoms with Crippen LogP contribution in [0.1, 0.15) is 20.8 Å². The highest BCUT2D eigenvalue weighted by atomic mass is 19.4. The van der Waals surface area contributed by atoms with E-state index in [4.69, 9.17) is 14.6 Å². The number of carbonyl (C=O) groups is 2. The van der Waals surface area contributed by atoms with E-state index in [2.05, 4.69) is 15.2 Å². The van der Waals surface area contributed by atoms with Gasteiger partial charge in [0, 0.05) is 39.8 Å². The molecular weight excluding hydrogens is 489 g/mol. The molecule has 3 rings (SSSR count). The predicted molar refractivity (Wildman–Crippen MR) is 124 cm³/mol.